The number of nitrogens with one attached hydrogen (secondary N) is 2. The molecule has 0 aromatic heterocycles. The summed E-state index contributed by atoms with van der Waals surface area (Å²) >= 11 is 0. The van der Waals surface area contributed by atoms with Crippen molar-refractivity contribution >= 4 is 10.0 Å². The van der Waals surface area contributed by atoms with Crippen LogP contribution in [0.5, 0.6) is 0 Å². The molecule has 0 radical (unpaired) electrons. The molecule has 1 atom stereocenters. The van der Waals surface area contributed by atoms with Crippen molar-refractivity contribution in [2.24, 2.45) is 0 Å². The summed E-state index contributed by atoms with van der Waals surface area (Å²) in [6.07, 6.45) is 0. The van der Waals surface area contributed by atoms with Crippen LogP contribution in [0.15, 0.2) is 83.8 Å². The average molecular weight is 395 g/mol. The highest BCUT2D eigenvalue weighted by atomic mass is 32.2. The topological polar surface area (TPSA) is 58.2 Å². The van der Waals surface area contributed by atoms with E-state index in [1.54, 1.807) is 12.1 Å². The molecule has 3 rings (SSSR count). The lowest BCUT2D eigenvalue weighted by atomic mass is 10.1. The number of aryl methyl sites for hydroxylation is 2. The highest BCUT2D eigenvalue weighted by Crippen LogP contribution is 2.18. The van der Waals surface area contributed by atoms with Gasteiger partial charge in [0.2, 0.25) is 10.0 Å². The summed E-state index contributed by atoms with van der Waals surface area (Å²) in [4.78, 5) is 0.276. The molecule has 0 saturated carbocycles. The minimum absolute atomic E-state index is 0.276. The van der Waals surface area contributed by atoms with Crippen LogP contribution in [0.3, 0.4) is 0 Å². The summed E-state index contributed by atoms with van der Waals surface area (Å²) < 4.78 is 28.6. The Morgan fingerprint density at radius 3 is 1.96 bits per heavy atom. The van der Waals surface area contributed by atoms with Crippen molar-refractivity contribution in [3.63, 3.8) is 0 Å². The summed E-state index contributed by atoms with van der Waals surface area (Å²) in [5.41, 5.74) is 4.26. The molecule has 5 heteroatoms. The summed E-state index contributed by atoms with van der Waals surface area (Å²) in [6, 6.07) is 24.5. The molecule has 146 valence electrons. The van der Waals surface area contributed by atoms with Crippen molar-refractivity contribution in [1.29, 1.82) is 0 Å². The van der Waals surface area contributed by atoms with E-state index in [0.29, 0.717) is 13.1 Å². The van der Waals surface area contributed by atoms with Crippen LogP contribution in [0.2, 0.25) is 0 Å². The highest BCUT2D eigenvalue weighted by Gasteiger charge is 2.21. The molecule has 28 heavy (non-hydrogen) atoms. The molecule has 0 bridgehead atoms. The van der Waals surface area contributed by atoms with E-state index in [2.05, 4.69) is 10.0 Å². The van der Waals surface area contributed by atoms with Crippen LogP contribution in [-0.2, 0) is 16.6 Å². The maximum atomic E-state index is 12.9. The average Bonchev–Trinajstić information content (AvgIpc) is 2.69. The number of hydrogen-bond acceptors (Lipinski definition) is 3. The van der Waals surface area contributed by atoms with E-state index in [-0.39, 0.29) is 10.9 Å². The van der Waals surface area contributed by atoms with Crippen molar-refractivity contribution in [3.8, 4) is 0 Å². The zero-order valence-electron chi connectivity index (χ0n) is 16.2. The van der Waals surface area contributed by atoms with Gasteiger partial charge in [0.15, 0.2) is 0 Å². The van der Waals surface area contributed by atoms with Crippen LogP contribution < -0.4 is 10.0 Å². The van der Waals surface area contributed by atoms with Gasteiger partial charge in [-0.3, -0.25) is 0 Å². The number of benzene rings is 3. The third-order valence-corrected chi connectivity index (χ3v) is 6.12. The molecule has 0 aliphatic heterocycles. The quantitative estimate of drug-likeness (QED) is 0.604. The van der Waals surface area contributed by atoms with Gasteiger partial charge in [-0.25, -0.2) is 13.1 Å². The lowest BCUT2D eigenvalue weighted by Crippen LogP contribution is -2.35. The Bertz CT molecular complexity index is 983. The number of rotatable bonds is 8. The van der Waals surface area contributed by atoms with E-state index in [1.807, 2.05) is 80.6 Å². The van der Waals surface area contributed by atoms with Crippen molar-refractivity contribution in [2.45, 2.75) is 31.3 Å². The Balaban J connectivity index is 1.77. The predicted molar refractivity (Wildman–Crippen MR) is 114 cm³/mol. The highest BCUT2D eigenvalue weighted by molar-refractivity contribution is 7.89. The van der Waals surface area contributed by atoms with Gasteiger partial charge in [-0.1, -0.05) is 77.9 Å². The van der Waals surface area contributed by atoms with Gasteiger partial charge in [-0.15, -0.1) is 0 Å². The third kappa shape index (κ3) is 5.52. The van der Waals surface area contributed by atoms with Gasteiger partial charge in [0, 0.05) is 13.1 Å². The molecular weight excluding hydrogens is 368 g/mol. The van der Waals surface area contributed by atoms with Gasteiger partial charge in [0.1, 0.15) is 0 Å². The molecule has 4 nitrogen and oxygen atoms in total. The Hall–Kier alpha value is -2.47. The molecule has 1 unspecified atom stereocenters. The van der Waals surface area contributed by atoms with Gasteiger partial charge in [-0.05, 0) is 37.1 Å². The van der Waals surface area contributed by atoms with E-state index in [1.165, 1.54) is 0 Å². The standard InChI is InChI=1S/C23H26N2O2S/c1-18-8-12-21(13-9-18)23(17-24-16-20-6-4-3-5-7-20)25-28(26,27)22-14-10-19(2)11-15-22/h3-15,23-25H,16-17H2,1-2H3. The second-order valence-corrected chi connectivity index (χ2v) is 8.73. The van der Waals surface area contributed by atoms with Crippen molar-refractivity contribution in [3.05, 3.63) is 101 Å². The smallest absolute Gasteiger partial charge is 0.241 e. The Morgan fingerprint density at radius 1 is 0.786 bits per heavy atom. The van der Waals surface area contributed by atoms with Gasteiger partial charge in [-0.2, -0.15) is 0 Å². The fourth-order valence-electron chi connectivity index (χ4n) is 2.96. The molecule has 0 fully saturated rings. The zero-order chi connectivity index (χ0) is 20.0. The fraction of sp³-hybridized carbons (Fsp3) is 0.217. The SMILES string of the molecule is Cc1ccc(C(CNCc2ccccc2)NS(=O)(=O)c2ccc(C)cc2)cc1. The maximum absolute atomic E-state index is 12.9. The Morgan fingerprint density at radius 2 is 1.36 bits per heavy atom. The Kier molecular flexibility index (Phi) is 6.62. The molecular formula is C23H26N2O2S. The van der Waals surface area contributed by atoms with Crippen LogP contribution in [-0.4, -0.2) is 15.0 Å². The van der Waals surface area contributed by atoms with Gasteiger partial charge < -0.3 is 5.32 Å². The predicted octanol–water partition coefficient (Wildman–Crippen LogP) is 4.11. The summed E-state index contributed by atoms with van der Waals surface area (Å²) in [5, 5.41) is 3.37. The molecule has 3 aromatic rings. The van der Waals surface area contributed by atoms with E-state index < -0.39 is 10.0 Å². The second-order valence-electron chi connectivity index (χ2n) is 7.01. The Labute approximate surface area is 167 Å². The lowest BCUT2D eigenvalue weighted by Gasteiger charge is -2.20. The van der Waals surface area contributed by atoms with Crippen LogP contribution in [0.1, 0.15) is 28.3 Å². The van der Waals surface area contributed by atoms with Gasteiger partial charge >= 0.3 is 0 Å². The summed E-state index contributed by atoms with van der Waals surface area (Å²) in [6.45, 7) is 5.12. The third-order valence-electron chi connectivity index (χ3n) is 4.63. The molecule has 0 spiro atoms. The number of hydrogen-bond donors (Lipinski definition) is 2. The van der Waals surface area contributed by atoms with Crippen LogP contribution in [0.25, 0.3) is 0 Å². The van der Waals surface area contributed by atoms with Crippen LogP contribution in [0, 0.1) is 13.8 Å². The lowest BCUT2D eigenvalue weighted by molar-refractivity contribution is 0.528. The summed E-state index contributed by atoms with van der Waals surface area (Å²) in [7, 11) is -3.62. The maximum Gasteiger partial charge on any atom is 0.241 e. The van der Waals surface area contributed by atoms with E-state index in [9.17, 15) is 8.42 Å². The first kappa shape index (κ1) is 20.3. The first-order valence-electron chi connectivity index (χ1n) is 9.34. The minimum Gasteiger partial charge on any atom is -0.311 e. The molecule has 0 saturated heterocycles. The molecule has 0 amide bonds. The van der Waals surface area contributed by atoms with E-state index in [4.69, 9.17) is 0 Å². The van der Waals surface area contributed by atoms with Crippen LogP contribution in [0.4, 0.5) is 0 Å². The largest absolute Gasteiger partial charge is 0.311 e. The van der Waals surface area contributed by atoms with Gasteiger partial charge in [0.05, 0.1) is 10.9 Å². The van der Waals surface area contributed by atoms with E-state index in [0.717, 1.165) is 22.3 Å². The molecule has 0 aliphatic carbocycles. The normalized spacial score (nSPS) is 12.6. The van der Waals surface area contributed by atoms with E-state index >= 15 is 0 Å². The van der Waals surface area contributed by atoms with Crippen molar-refractivity contribution in [1.82, 2.24) is 10.0 Å². The summed E-state index contributed by atoms with van der Waals surface area (Å²) in [5.74, 6) is 0. The minimum atomic E-state index is -3.62. The molecule has 3 aromatic carbocycles. The van der Waals surface area contributed by atoms with Crippen LogP contribution >= 0.6 is 0 Å². The number of sulfonamides is 1. The monoisotopic (exact) mass is 394 g/mol. The first-order valence-corrected chi connectivity index (χ1v) is 10.8. The first-order chi connectivity index (χ1) is 13.4. The van der Waals surface area contributed by atoms with Crippen molar-refractivity contribution < 1.29 is 8.42 Å². The zero-order valence-corrected chi connectivity index (χ0v) is 17.0. The molecule has 2 N–H and O–H groups in total. The molecule has 0 aliphatic rings. The molecule has 0 heterocycles. The van der Waals surface area contributed by atoms with Crippen molar-refractivity contribution in [2.75, 3.05) is 6.54 Å². The second kappa shape index (κ2) is 9.15. The van der Waals surface area contributed by atoms with Gasteiger partial charge in [0.25, 0.3) is 0 Å². The fourth-order valence-corrected chi connectivity index (χ4v) is 4.18.